The van der Waals surface area contributed by atoms with Crippen LogP contribution in [0.15, 0.2) is 70.9 Å². The fourth-order valence-electron chi connectivity index (χ4n) is 3.21. The van der Waals surface area contributed by atoms with Crippen molar-refractivity contribution >= 4 is 38.7 Å². The smallest absolute Gasteiger partial charge is 0.251 e. The molecule has 2 aromatic carbocycles. The van der Waals surface area contributed by atoms with Crippen LogP contribution in [-0.4, -0.2) is 26.5 Å². The predicted molar refractivity (Wildman–Crippen MR) is 128 cm³/mol. The standard InChI is InChI=1S/C24H26N2O4S2/c1-17(18-11-13-22(14-12-18)32(2,29)30)25-24(28)19-6-3-7-20(16-19)26-23(27)10-4-8-21-9-5-15-31-21/h3,5-7,9,11-17H,4,8,10H2,1-2H3,(H,25,28)(H,26,27). The lowest BCUT2D eigenvalue weighted by Crippen LogP contribution is -2.26. The first-order valence-corrected chi connectivity index (χ1v) is 13.0. The van der Waals surface area contributed by atoms with Gasteiger partial charge in [-0.15, -0.1) is 11.3 Å². The molecule has 0 radical (unpaired) electrons. The first kappa shape index (κ1) is 23.7. The van der Waals surface area contributed by atoms with Gasteiger partial charge in [-0.25, -0.2) is 8.42 Å². The van der Waals surface area contributed by atoms with Gasteiger partial charge < -0.3 is 10.6 Å². The molecule has 0 aliphatic rings. The third-order valence-corrected chi connectivity index (χ3v) is 7.04. The van der Waals surface area contributed by atoms with Gasteiger partial charge in [0.15, 0.2) is 9.84 Å². The van der Waals surface area contributed by atoms with Crippen LogP contribution in [-0.2, 0) is 21.1 Å². The van der Waals surface area contributed by atoms with Gasteiger partial charge in [-0.1, -0.05) is 24.3 Å². The van der Waals surface area contributed by atoms with Gasteiger partial charge in [-0.3, -0.25) is 9.59 Å². The molecular formula is C24H26N2O4S2. The van der Waals surface area contributed by atoms with E-state index in [0.717, 1.165) is 24.7 Å². The molecule has 1 atom stereocenters. The zero-order chi connectivity index (χ0) is 23.1. The van der Waals surface area contributed by atoms with Crippen molar-refractivity contribution in [3.8, 4) is 0 Å². The Labute approximate surface area is 192 Å². The van der Waals surface area contributed by atoms with Crippen LogP contribution in [0.1, 0.15) is 46.6 Å². The van der Waals surface area contributed by atoms with E-state index in [4.69, 9.17) is 0 Å². The van der Waals surface area contributed by atoms with Gasteiger partial charge in [0.2, 0.25) is 5.91 Å². The van der Waals surface area contributed by atoms with Crippen molar-refractivity contribution in [2.75, 3.05) is 11.6 Å². The number of hydrogen-bond acceptors (Lipinski definition) is 5. The molecule has 0 fully saturated rings. The van der Waals surface area contributed by atoms with E-state index in [1.165, 1.54) is 17.0 Å². The lowest BCUT2D eigenvalue weighted by Gasteiger charge is -2.15. The maximum Gasteiger partial charge on any atom is 0.251 e. The maximum atomic E-state index is 12.7. The predicted octanol–water partition coefficient (Wildman–Crippen LogP) is 4.60. The normalized spacial score (nSPS) is 12.2. The Morgan fingerprint density at radius 3 is 2.44 bits per heavy atom. The summed E-state index contributed by atoms with van der Waals surface area (Å²) >= 11 is 1.69. The molecule has 8 heteroatoms. The number of thiophene rings is 1. The molecule has 32 heavy (non-hydrogen) atoms. The van der Waals surface area contributed by atoms with Gasteiger partial charge in [0.05, 0.1) is 10.9 Å². The summed E-state index contributed by atoms with van der Waals surface area (Å²) in [6.45, 7) is 1.83. The minimum absolute atomic E-state index is 0.0848. The van der Waals surface area contributed by atoms with E-state index in [1.807, 2.05) is 18.4 Å². The van der Waals surface area contributed by atoms with Gasteiger partial charge in [0.25, 0.3) is 5.91 Å². The number of nitrogens with one attached hydrogen (secondary N) is 2. The maximum absolute atomic E-state index is 12.7. The SMILES string of the molecule is CC(NC(=O)c1cccc(NC(=O)CCCc2cccs2)c1)c1ccc(S(C)(=O)=O)cc1. The van der Waals surface area contributed by atoms with Crippen molar-refractivity contribution in [3.05, 3.63) is 82.0 Å². The number of anilines is 1. The molecular weight excluding hydrogens is 444 g/mol. The van der Waals surface area contributed by atoms with Crippen molar-refractivity contribution in [1.82, 2.24) is 5.32 Å². The van der Waals surface area contributed by atoms with E-state index in [-0.39, 0.29) is 22.8 Å². The molecule has 0 spiro atoms. The van der Waals surface area contributed by atoms with Gasteiger partial charge in [-0.05, 0) is 67.1 Å². The quantitative estimate of drug-likeness (QED) is 0.478. The number of carbonyl (C=O) groups is 2. The van der Waals surface area contributed by atoms with Gasteiger partial charge in [0.1, 0.15) is 0 Å². The number of amides is 2. The number of carbonyl (C=O) groups excluding carboxylic acids is 2. The van der Waals surface area contributed by atoms with Crippen LogP contribution in [0.2, 0.25) is 0 Å². The van der Waals surface area contributed by atoms with Crippen LogP contribution in [0.5, 0.6) is 0 Å². The Balaban J connectivity index is 1.55. The summed E-state index contributed by atoms with van der Waals surface area (Å²) in [5.41, 5.74) is 1.80. The molecule has 3 rings (SSSR count). The number of sulfone groups is 1. The zero-order valence-electron chi connectivity index (χ0n) is 18.0. The van der Waals surface area contributed by atoms with E-state index in [2.05, 4.69) is 16.7 Å². The van der Waals surface area contributed by atoms with Crippen LogP contribution in [0.4, 0.5) is 5.69 Å². The first-order chi connectivity index (χ1) is 15.2. The summed E-state index contributed by atoms with van der Waals surface area (Å²) in [5.74, 6) is -0.364. The number of aryl methyl sites for hydroxylation is 1. The van der Waals surface area contributed by atoms with E-state index < -0.39 is 9.84 Å². The molecule has 2 N–H and O–H groups in total. The van der Waals surface area contributed by atoms with Gasteiger partial charge in [-0.2, -0.15) is 0 Å². The molecule has 1 heterocycles. The van der Waals surface area contributed by atoms with Crippen molar-refractivity contribution < 1.29 is 18.0 Å². The fraction of sp³-hybridized carbons (Fsp3) is 0.250. The van der Waals surface area contributed by atoms with Gasteiger partial charge in [0, 0.05) is 28.8 Å². The number of rotatable bonds is 9. The molecule has 2 amide bonds. The van der Waals surface area contributed by atoms with Crippen LogP contribution < -0.4 is 10.6 Å². The average Bonchev–Trinajstić information content (AvgIpc) is 3.27. The van der Waals surface area contributed by atoms with Crippen LogP contribution in [0, 0.1) is 0 Å². The average molecular weight is 471 g/mol. The molecule has 0 saturated heterocycles. The minimum Gasteiger partial charge on any atom is -0.346 e. The van der Waals surface area contributed by atoms with E-state index in [9.17, 15) is 18.0 Å². The summed E-state index contributed by atoms with van der Waals surface area (Å²) in [6, 6.07) is 17.0. The van der Waals surface area contributed by atoms with Crippen molar-refractivity contribution in [2.24, 2.45) is 0 Å². The molecule has 6 nitrogen and oxygen atoms in total. The number of benzene rings is 2. The summed E-state index contributed by atoms with van der Waals surface area (Å²) in [4.78, 5) is 26.4. The molecule has 1 aromatic heterocycles. The highest BCUT2D eigenvalue weighted by Crippen LogP contribution is 2.18. The molecule has 0 aliphatic carbocycles. The Morgan fingerprint density at radius 2 is 1.78 bits per heavy atom. The molecule has 3 aromatic rings. The lowest BCUT2D eigenvalue weighted by atomic mass is 10.1. The third-order valence-electron chi connectivity index (χ3n) is 4.97. The third kappa shape index (κ3) is 6.77. The van der Waals surface area contributed by atoms with E-state index >= 15 is 0 Å². The van der Waals surface area contributed by atoms with Crippen molar-refractivity contribution in [1.29, 1.82) is 0 Å². The monoisotopic (exact) mass is 470 g/mol. The molecule has 168 valence electrons. The largest absolute Gasteiger partial charge is 0.346 e. The summed E-state index contributed by atoms with van der Waals surface area (Å²) < 4.78 is 23.2. The van der Waals surface area contributed by atoms with Crippen LogP contribution >= 0.6 is 11.3 Å². The van der Waals surface area contributed by atoms with Gasteiger partial charge >= 0.3 is 0 Å². The molecule has 0 saturated carbocycles. The topological polar surface area (TPSA) is 92.3 Å². The second-order valence-electron chi connectivity index (χ2n) is 7.60. The second kappa shape index (κ2) is 10.6. The van der Waals surface area contributed by atoms with Crippen LogP contribution in [0.25, 0.3) is 0 Å². The second-order valence-corrected chi connectivity index (χ2v) is 10.6. The molecule has 1 unspecified atom stereocenters. The van der Waals surface area contributed by atoms with E-state index in [0.29, 0.717) is 17.7 Å². The number of hydrogen-bond donors (Lipinski definition) is 2. The molecule has 0 bridgehead atoms. The highest BCUT2D eigenvalue weighted by Gasteiger charge is 2.14. The Bertz CT molecular complexity index is 1170. The molecule has 0 aliphatic heterocycles. The van der Waals surface area contributed by atoms with Crippen LogP contribution in [0.3, 0.4) is 0 Å². The Morgan fingerprint density at radius 1 is 1.03 bits per heavy atom. The Kier molecular flexibility index (Phi) is 7.82. The van der Waals surface area contributed by atoms with E-state index in [1.54, 1.807) is 47.7 Å². The summed E-state index contributed by atoms with van der Waals surface area (Å²) in [6.07, 6.45) is 3.20. The summed E-state index contributed by atoms with van der Waals surface area (Å²) in [5, 5.41) is 7.78. The fourth-order valence-corrected chi connectivity index (χ4v) is 4.59. The highest BCUT2D eigenvalue weighted by molar-refractivity contribution is 7.90. The lowest BCUT2D eigenvalue weighted by molar-refractivity contribution is -0.116. The summed E-state index contributed by atoms with van der Waals surface area (Å²) in [7, 11) is -3.26. The minimum atomic E-state index is -3.26. The van der Waals surface area contributed by atoms with Crippen molar-refractivity contribution in [3.63, 3.8) is 0 Å². The van der Waals surface area contributed by atoms with Crippen molar-refractivity contribution in [2.45, 2.75) is 37.1 Å². The highest BCUT2D eigenvalue weighted by atomic mass is 32.2. The zero-order valence-corrected chi connectivity index (χ0v) is 19.6. The Hall–Kier alpha value is -2.97. The first-order valence-electron chi connectivity index (χ1n) is 10.3.